The molecule has 8 nitrogen and oxygen atoms in total. The molecule has 4 fully saturated rings. The van der Waals surface area contributed by atoms with Crippen LogP contribution in [0.5, 0.6) is 0 Å². The van der Waals surface area contributed by atoms with Gasteiger partial charge < -0.3 is 33.9 Å². The van der Waals surface area contributed by atoms with Crippen LogP contribution in [0.3, 0.4) is 0 Å². The second-order valence-corrected chi connectivity index (χ2v) is 11.9. The van der Waals surface area contributed by atoms with Crippen molar-refractivity contribution in [3.05, 3.63) is 35.8 Å². The molecule has 2 bridgehead atoms. The lowest BCUT2D eigenvalue weighted by Gasteiger charge is -2.61. The highest BCUT2D eigenvalue weighted by Crippen LogP contribution is 2.69. The molecule has 0 aromatic rings. The number of hydrogen-bond donors (Lipinski definition) is 2. The third-order valence-corrected chi connectivity index (χ3v) is 9.70. The molecule has 1 spiro atoms. The monoisotopic (exact) mass is 533 g/mol. The van der Waals surface area contributed by atoms with Crippen LogP contribution in [0.15, 0.2) is 35.8 Å². The largest absolute Gasteiger partial charge is 0.488 e. The van der Waals surface area contributed by atoms with E-state index in [0.717, 1.165) is 36.8 Å². The van der Waals surface area contributed by atoms with Crippen LogP contribution in [0, 0.1) is 17.3 Å². The highest BCUT2D eigenvalue weighted by atomic mass is 16.6. The number of nitrogens with zero attached hydrogens (tertiary/aromatic N) is 1. The number of rotatable bonds is 14. The summed E-state index contributed by atoms with van der Waals surface area (Å²) in [5.74, 6) is 2.30. The first-order valence-electron chi connectivity index (χ1n) is 14.6. The zero-order chi connectivity index (χ0) is 26.8. The van der Waals surface area contributed by atoms with Crippen molar-refractivity contribution in [1.29, 1.82) is 0 Å². The van der Waals surface area contributed by atoms with Crippen LogP contribution in [0.4, 0.5) is 0 Å². The molecule has 6 atom stereocenters. The van der Waals surface area contributed by atoms with Gasteiger partial charge in [0.1, 0.15) is 18.5 Å². The third kappa shape index (κ3) is 5.08. The van der Waals surface area contributed by atoms with Gasteiger partial charge in [0.15, 0.2) is 5.76 Å². The zero-order valence-corrected chi connectivity index (χ0v) is 23.2. The molecule has 2 heterocycles. The molecule has 5 rings (SSSR count). The molecule has 214 valence electrons. The normalized spacial score (nSPS) is 38.2. The van der Waals surface area contributed by atoms with Gasteiger partial charge in [-0.05, 0) is 44.1 Å². The molecular formula is C30H47NO7. The Bertz CT molecular complexity index is 901. The fraction of sp³-hybridized carbons (Fsp3) is 0.800. The molecule has 0 radical (unpaired) electrons. The summed E-state index contributed by atoms with van der Waals surface area (Å²) >= 11 is 0. The maximum absolute atomic E-state index is 12.6. The minimum absolute atomic E-state index is 0.00418. The molecule has 0 aromatic carbocycles. The molecule has 2 saturated heterocycles. The minimum atomic E-state index is -0.912. The second-order valence-electron chi connectivity index (χ2n) is 11.9. The first kappa shape index (κ1) is 28.1. The summed E-state index contributed by atoms with van der Waals surface area (Å²) in [7, 11) is 1.65. The Labute approximate surface area is 227 Å². The molecular weight excluding hydrogens is 486 g/mol. The van der Waals surface area contributed by atoms with Gasteiger partial charge in [0.25, 0.3) is 0 Å². The predicted molar refractivity (Wildman–Crippen MR) is 143 cm³/mol. The number of aliphatic hydroxyl groups excluding tert-OH is 1. The van der Waals surface area contributed by atoms with Crippen molar-refractivity contribution in [2.45, 2.75) is 75.7 Å². The van der Waals surface area contributed by atoms with Gasteiger partial charge >= 0.3 is 0 Å². The second kappa shape index (κ2) is 12.0. The summed E-state index contributed by atoms with van der Waals surface area (Å²) in [6.45, 7) is 11.2. The van der Waals surface area contributed by atoms with Crippen molar-refractivity contribution in [2.24, 2.45) is 17.3 Å². The molecule has 0 aromatic heterocycles. The van der Waals surface area contributed by atoms with Crippen LogP contribution < -0.4 is 0 Å². The number of fused-ring (bicyclic) bond motifs is 1. The number of allylic oxidation sites excluding steroid dienone is 3. The summed E-state index contributed by atoms with van der Waals surface area (Å²) in [6.07, 6.45) is 9.49. The molecule has 0 amide bonds. The van der Waals surface area contributed by atoms with E-state index in [1.165, 1.54) is 19.3 Å². The van der Waals surface area contributed by atoms with Crippen LogP contribution in [0.2, 0.25) is 0 Å². The smallest absolute Gasteiger partial charge is 0.157 e. The van der Waals surface area contributed by atoms with E-state index >= 15 is 0 Å². The van der Waals surface area contributed by atoms with Gasteiger partial charge in [-0.15, -0.1) is 0 Å². The van der Waals surface area contributed by atoms with Gasteiger partial charge in [0, 0.05) is 44.0 Å². The van der Waals surface area contributed by atoms with Gasteiger partial charge in [0.05, 0.1) is 44.7 Å². The minimum Gasteiger partial charge on any atom is -0.488 e. The Kier molecular flexibility index (Phi) is 8.87. The molecule has 2 aliphatic heterocycles. The van der Waals surface area contributed by atoms with Crippen LogP contribution in [0.25, 0.3) is 0 Å². The van der Waals surface area contributed by atoms with Gasteiger partial charge in [-0.1, -0.05) is 31.6 Å². The maximum atomic E-state index is 12.6. The highest BCUT2D eigenvalue weighted by Gasteiger charge is 2.77. The van der Waals surface area contributed by atoms with Gasteiger partial charge in [-0.2, -0.15) is 0 Å². The number of aliphatic hydroxyl groups is 2. The van der Waals surface area contributed by atoms with E-state index in [-0.39, 0.29) is 12.0 Å². The average Bonchev–Trinajstić information content (AvgIpc) is 3.38. The van der Waals surface area contributed by atoms with Crippen LogP contribution in [-0.2, 0) is 23.7 Å². The predicted octanol–water partition coefficient (Wildman–Crippen LogP) is 3.19. The van der Waals surface area contributed by atoms with Crippen LogP contribution in [0.1, 0.15) is 51.9 Å². The van der Waals surface area contributed by atoms with Crippen molar-refractivity contribution in [2.75, 3.05) is 59.8 Å². The van der Waals surface area contributed by atoms with Gasteiger partial charge in [-0.25, -0.2) is 0 Å². The number of methoxy groups -OCH3 is 1. The Morgan fingerprint density at radius 2 is 1.87 bits per heavy atom. The Morgan fingerprint density at radius 3 is 2.55 bits per heavy atom. The maximum Gasteiger partial charge on any atom is 0.157 e. The zero-order valence-electron chi connectivity index (χ0n) is 23.2. The molecule has 38 heavy (non-hydrogen) atoms. The third-order valence-electron chi connectivity index (χ3n) is 9.70. The van der Waals surface area contributed by atoms with Crippen molar-refractivity contribution in [1.82, 2.24) is 4.90 Å². The van der Waals surface area contributed by atoms with E-state index in [0.29, 0.717) is 64.7 Å². The summed E-state index contributed by atoms with van der Waals surface area (Å²) in [6, 6.07) is -0.00418. The molecule has 2 N–H and O–H groups in total. The van der Waals surface area contributed by atoms with Crippen molar-refractivity contribution in [3.8, 4) is 0 Å². The first-order chi connectivity index (χ1) is 18.4. The first-order valence-corrected chi connectivity index (χ1v) is 14.6. The Hall–Kier alpha value is -1.42. The molecule has 5 aliphatic rings. The van der Waals surface area contributed by atoms with E-state index in [1.807, 2.05) is 19.1 Å². The summed E-state index contributed by atoms with van der Waals surface area (Å²) in [5.41, 5.74) is -0.452. The molecule has 1 unspecified atom stereocenters. The standard InChI is InChI=1S/C30H47NO7/c1-4-24(32)28-29-17-23-20-31(19-22-6-5-7-22)27(30(23,29)33)16-21(2)8-9-25(26(18-29)38-28)37-15-14-36-13-12-35-11-10-34-3/h8-9,22-24,27-28,32-33H,2,4-7,10-20H2,1,3H3/b9-8-,26-25-/t23?,24-,27+,28-,29-,30+/m0/s1. The fourth-order valence-electron chi connectivity index (χ4n) is 7.49. The quantitative estimate of drug-likeness (QED) is 0.329. The summed E-state index contributed by atoms with van der Waals surface area (Å²) in [5, 5.41) is 23.7. The van der Waals surface area contributed by atoms with E-state index in [1.54, 1.807) is 7.11 Å². The number of likely N-dealkylation sites (tertiary alicyclic amines) is 1. The average molecular weight is 534 g/mol. The highest BCUT2D eigenvalue weighted by molar-refractivity contribution is 5.37. The van der Waals surface area contributed by atoms with E-state index in [9.17, 15) is 10.2 Å². The number of hydrogen-bond acceptors (Lipinski definition) is 8. The van der Waals surface area contributed by atoms with E-state index in [4.69, 9.17) is 23.7 Å². The topological polar surface area (TPSA) is 89.9 Å². The molecule has 8 heteroatoms. The van der Waals surface area contributed by atoms with Crippen molar-refractivity contribution in [3.63, 3.8) is 0 Å². The molecule has 3 aliphatic carbocycles. The van der Waals surface area contributed by atoms with Gasteiger partial charge in [-0.3, -0.25) is 4.90 Å². The van der Waals surface area contributed by atoms with Crippen LogP contribution >= 0.6 is 0 Å². The van der Waals surface area contributed by atoms with E-state index < -0.39 is 23.2 Å². The number of ether oxygens (including phenoxy) is 5. The van der Waals surface area contributed by atoms with Crippen molar-refractivity contribution >= 4 is 0 Å². The fourth-order valence-corrected chi connectivity index (χ4v) is 7.49. The summed E-state index contributed by atoms with van der Waals surface area (Å²) in [4.78, 5) is 2.54. The van der Waals surface area contributed by atoms with E-state index in [2.05, 4.69) is 11.5 Å². The van der Waals surface area contributed by atoms with Crippen LogP contribution in [-0.4, -0.2) is 98.8 Å². The Balaban J connectivity index is 1.31. The summed E-state index contributed by atoms with van der Waals surface area (Å²) < 4.78 is 28.8. The lowest BCUT2D eigenvalue weighted by atomic mass is 9.45. The molecule has 2 saturated carbocycles. The Morgan fingerprint density at radius 1 is 1.13 bits per heavy atom. The SMILES string of the molecule is C=C1/C=C\C(OCCOCCOCCOC)=C2/C[C@@]3(CC4CN(CC5CCC5)[C@H](C1)[C@]43O)[C@H]([C@@H](O)CC)O2. The van der Waals surface area contributed by atoms with Gasteiger partial charge in [0.2, 0.25) is 0 Å². The lowest BCUT2D eigenvalue weighted by Crippen LogP contribution is -2.71. The van der Waals surface area contributed by atoms with Crippen molar-refractivity contribution < 1.29 is 33.9 Å². The lowest BCUT2D eigenvalue weighted by molar-refractivity contribution is -0.244.